The zero-order chi connectivity index (χ0) is 25.2. The standard InChI is InChI=1S/C28H25FN4O3/c1-4-18-8-5-12-22(14-18)33-17(2)24(25(30-28(33)34)19-9-7-13-23(16-19)35-3)27-31-26(32-36-27)20-10-6-11-21(29)15-20/h5-16,25H,4H2,1-3H3,(H,30,34). The van der Waals surface area contributed by atoms with Crippen molar-refractivity contribution in [2.24, 2.45) is 0 Å². The molecule has 1 aliphatic heterocycles. The van der Waals surface area contributed by atoms with Crippen LogP contribution in [0.15, 0.2) is 83.0 Å². The van der Waals surface area contributed by atoms with E-state index in [2.05, 4.69) is 22.4 Å². The number of amides is 2. The third kappa shape index (κ3) is 4.33. The van der Waals surface area contributed by atoms with Crippen molar-refractivity contribution in [3.8, 4) is 17.1 Å². The molecule has 0 fully saturated rings. The molecule has 4 aromatic rings. The number of hydrogen-bond donors (Lipinski definition) is 1. The Balaban J connectivity index is 1.67. The number of allylic oxidation sites excluding steroid dienone is 1. The highest BCUT2D eigenvalue weighted by Gasteiger charge is 2.36. The number of carbonyl (C=O) groups excluding carboxylic acids is 1. The fourth-order valence-electron chi connectivity index (χ4n) is 4.40. The number of ether oxygens (including phenoxy) is 1. The van der Waals surface area contributed by atoms with Crippen LogP contribution in [0.1, 0.15) is 36.9 Å². The number of rotatable bonds is 6. The van der Waals surface area contributed by atoms with E-state index in [0.29, 0.717) is 22.6 Å². The van der Waals surface area contributed by atoms with Gasteiger partial charge in [0, 0.05) is 11.3 Å². The van der Waals surface area contributed by atoms with Gasteiger partial charge >= 0.3 is 6.03 Å². The van der Waals surface area contributed by atoms with E-state index < -0.39 is 11.9 Å². The fourth-order valence-corrected chi connectivity index (χ4v) is 4.40. The summed E-state index contributed by atoms with van der Waals surface area (Å²) in [6, 6.07) is 20.4. The molecule has 0 bridgehead atoms. The van der Waals surface area contributed by atoms with Gasteiger partial charge in [-0.3, -0.25) is 4.90 Å². The summed E-state index contributed by atoms with van der Waals surface area (Å²) in [5.74, 6) is 0.750. The van der Waals surface area contributed by atoms with Crippen molar-refractivity contribution >= 4 is 17.3 Å². The lowest BCUT2D eigenvalue weighted by molar-refractivity contribution is 0.244. The van der Waals surface area contributed by atoms with E-state index >= 15 is 0 Å². The lowest BCUT2D eigenvalue weighted by atomic mass is 9.94. The van der Waals surface area contributed by atoms with Crippen molar-refractivity contribution < 1.29 is 18.4 Å². The summed E-state index contributed by atoms with van der Waals surface area (Å²) < 4.78 is 24.9. The number of methoxy groups -OCH3 is 1. The zero-order valence-electron chi connectivity index (χ0n) is 20.2. The second kappa shape index (κ2) is 9.65. The monoisotopic (exact) mass is 484 g/mol. The van der Waals surface area contributed by atoms with Crippen LogP contribution >= 0.6 is 0 Å². The van der Waals surface area contributed by atoms with Crippen LogP contribution in [0, 0.1) is 5.82 Å². The number of aryl methyl sites for hydroxylation is 1. The zero-order valence-corrected chi connectivity index (χ0v) is 20.2. The number of aromatic nitrogens is 2. The Hall–Kier alpha value is -4.46. The molecule has 8 heteroatoms. The molecule has 0 saturated heterocycles. The molecule has 1 unspecified atom stereocenters. The number of urea groups is 1. The molecule has 1 aromatic heterocycles. The molecular formula is C28H25FN4O3. The minimum Gasteiger partial charge on any atom is -0.497 e. The molecule has 0 spiro atoms. The van der Waals surface area contributed by atoms with Gasteiger partial charge in [0.2, 0.25) is 5.82 Å². The summed E-state index contributed by atoms with van der Waals surface area (Å²) >= 11 is 0. The SMILES string of the molecule is CCc1cccc(N2C(=O)NC(c3cccc(OC)c3)C(c3nc(-c4cccc(F)c4)no3)=C2C)c1. The molecule has 3 aromatic carbocycles. The molecule has 36 heavy (non-hydrogen) atoms. The van der Waals surface area contributed by atoms with E-state index in [4.69, 9.17) is 9.26 Å². The maximum Gasteiger partial charge on any atom is 0.326 e. The van der Waals surface area contributed by atoms with Crippen molar-refractivity contribution in [2.75, 3.05) is 12.0 Å². The number of halogens is 1. The summed E-state index contributed by atoms with van der Waals surface area (Å²) in [5, 5.41) is 7.19. The van der Waals surface area contributed by atoms with Gasteiger partial charge in [0.1, 0.15) is 11.6 Å². The van der Waals surface area contributed by atoms with Crippen molar-refractivity contribution in [3.05, 3.63) is 101 Å². The smallest absolute Gasteiger partial charge is 0.326 e. The van der Waals surface area contributed by atoms with E-state index in [0.717, 1.165) is 23.2 Å². The van der Waals surface area contributed by atoms with Crippen LogP contribution in [0.2, 0.25) is 0 Å². The summed E-state index contributed by atoms with van der Waals surface area (Å²) in [7, 11) is 1.59. The maximum atomic E-state index is 13.8. The molecule has 1 N–H and O–H groups in total. The number of nitrogens with zero attached hydrogens (tertiary/aromatic N) is 3. The van der Waals surface area contributed by atoms with Crippen LogP contribution in [0.5, 0.6) is 5.75 Å². The average Bonchev–Trinajstić information content (AvgIpc) is 3.38. The molecule has 1 aliphatic rings. The molecule has 0 aliphatic carbocycles. The van der Waals surface area contributed by atoms with Gasteiger partial charge in [-0.1, -0.05) is 48.5 Å². The quantitative estimate of drug-likeness (QED) is 0.355. The Morgan fingerprint density at radius 2 is 1.89 bits per heavy atom. The Morgan fingerprint density at radius 1 is 1.08 bits per heavy atom. The summed E-state index contributed by atoms with van der Waals surface area (Å²) in [6.45, 7) is 3.92. The van der Waals surface area contributed by atoms with E-state index in [1.165, 1.54) is 12.1 Å². The highest BCUT2D eigenvalue weighted by Crippen LogP contribution is 2.40. The first kappa shape index (κ1) is 23.3. The minimum absolute atomic E-state index is 0.233. The number of benzene rings is 3. The molecule has 0 radical (unpaired) electrons. The summed E-state index contributed by atoms with van der Waals surface area (Å²) in [5.41, 5.74) is 4.42. The van der Waals surface area contributed by atoms with Crippen molar-refractivity contribution in [1.82, 2.24) is 15.5 Å². The van der Waals surface area contributed by atoms with Crippen molar-refractivity contribution in [3.63, 3.8) is 0 Å². The fraction of sp³-hybridized carbons (Fsp3) is 0.179. The minimum atomic E-state index is -0.570. The second-order valence-electron chi connectivity index (χ2n) is 8.45. The third-order valence-corrected chi connectivity index (χ3v) is 6.23. The number of carbonyl (C=O) groups is 1. The van der Waals surface area contributed by atoms with Gasteiger partial charge in [0.15, 0.2) is 0 Å². The van der Waals surface area contributed by atoms with Gasteiger partial charge in [0.25, 0.3) is 5.89 Å². The first-order chi connectivity index (χ1) is 17.5. The largest absolute Gasteiger partial charge is 0.497 e. The van der Waals surface area contributed by atoms with Gasteiger partial charge in [-0.05, 0) is 60.9 Å². The van der Waals surface area contributed by atoms with Crippen LogP contribution < -0.4 is 15.0 Å². The van der Waals surface area contributed by atoms with Crippen molar-refractivity contribution in [2.45, 2.75) is 26.3 Å². The first-order valence-electron chi connectivity index (χ1n) is 11.6. The lowest BCUT2D eigenvalue weighted by Gasteiger charge is -2.35. The van der Waals surface area contributed by atoms with Gasteiger partial charge in [-0.2, -0.15) is 4.98 Å². The van der Waals surface area contributed by atoms with Gasteiger partial charge in [0.05, 0.1) is 24.4 Å². The Labute approximate surface area is 208 Å². The molecule has 0 saturated carbocycles. The first-order valence-corrected chi connectivity index (χ1v) is 11.6. The van der Waals surface area contributed by atoms with Crippen LogP contribution in [0.25, 0.3) is 17.0 Å². The van der Waals surface area contributed by atoms with Crippen LogP contribution in [-0.2, 0) is 6.42 Å². The number of anilines is 1. The normalized spacial score (nSPS) is 15.7. The van der Waals surface area contributed by atoms with Gasteiger partial charge in [-0.15, -0.1) is 0 Å². The number of nitrogens with one attached hydrogen (secondary N) is 1. The van der Waals surface area contributed by atoms with E-state index in [-0.39, 0.29) is 17.7 Å². The molecule has 5 rings (SSSR count). The van der Waals surface area contributed by atoms with Crippen LogP contribution in [-0.4, -0.2) is 23.3 Å². The summed E-state index contributed by atoms with van der Waals surface area (Å²) in [6.07, 6.45) is 0.839. The van der Waals surface area contributed by atoms with Crippen LogP contribution in [0.4, 0.5) is 14.9 Å². The average molecular weight is 485 g/mol. The van der Waals surface area contributed by atoms with Gasteiger partial charge < -0.3 is 14.6 Å². The highest BCUT2D eigenvalue weighted by molar-refractivity contribution is 6.01. The highest BCUT2D eigenvalue weighted by atomic mass is 19.1. The Bertz CT molecular complexity index is 1460. The third-order valence-electron chi connectivity index (χ3n) is 6.23. The molecule has 2 heterocycles. The predicted octanol–water partition coefficient (Wildman–Crippen LogP) is 6.15. The van der Waals surface area contributed by atoms with Gasteiger partial charge in [-0.25, -0.2) is 9.18 Å². The molecule has 1 atom stereocenters. The topological polar surface area (TPSA) is 80.5 Å². The van der Waals surface area contributed by atoms with Crippen molar-refractivity contribution in [1.29, 1.82) is 0 Å². The maximum absolute atomic E-state index is 13.8. The van der Waals surface area contributed by atoms with E-state index in [1.807, 2.05) is 55.5 Å². The lowest BCUT2D eigenvalue weighted by Crippen LogP contribution is -2.46. The van der Waals surface area contributed by atoms with E-state index in [1.54, 1.807) is 24.1 Å². The van der Waals surface area contributed by atoms with E-state index in [9.17, 15) is 9.18 Å². The molecule has 7 nitrogen and oxygen atoms in total. The van der Waals surface area contributed by atoms with Crippen LogP contribution in [0.3, 0.4) is 0 Å². The molecular weight excluding hydrogens is 459 g/mol. The Morgan fingerprint density at radius 3 is 2.67 bits per heavy atom. The Kier molecular flexibility index (Phi) is 6.25. The summed E-state index contributed by atoms with van der Waals surface area (Å²) in [4.78, 5) is 19.6. The predicted molar refractivity (Wildman–Crippen MR) is 135 cm³/mol. The second-order valence-corrected chi connectivity index (χ2v) is 8.45. The molecule has 2 amide bonds. The molecule has 182 valence electrons. The number of hydrogen-bond acceptors (Lipinski definition) is 5.